The van der Waals surface area contributed by atoms with Crippen molar-refractivity contribution in [1.29, 1.82) is 0 Å². The third kappa shape index (κ3) is 4.29. The molecule has 0 radical (unpaired) electrons. The van der Waals surface area contributed by atoms with Gasteiger partial charge in [0.2, 0.25) is 5.95 Å². The largest absolute Gasteiger partial charge is 0.368 e. The molecule has 162 valence electrons. The molecule has 1 saturated carbocycles. The Bertz CT molecular complexity index is 1120. The molecule has 3 aromatic heterocycles. The zero-order valence-electron chi connectivity index (χ0n) is 17.4. The Labute approximate surface area is 189 Å². The zero-order valence-corrected chi connectivity index (χ0v) is 18.9. The van der Waals surface area contributed by atoms with Gasteiger partial charge in [0.25, 0.3) is 5.56 Å². The molecule has 0 amide bonds. The molecule has 5 rings (SSSR count). The molecule has 31 heavy (non-hydrogen) atoms. The van der Waals surface area contributed by atoms with Crippen molar-refractivity contribution in [2.24, 2.45) is 0 Å². The number of hydrogen-bond acceptors (Lipinski definition) is 7. The summed E-state index contributed by atoms with van der Waals surface area (Å²) in [6.45, 7) is 3.94. The van der Waals surface area contributed by atoms with E-state index in [1.807, 2.05) is 16.8 Å². The van der Waals surface area contributed by atoms with Gasteiger partial charge in [-0.05, 0) is 47.0 Å². The monoisotopic (exact) mass is 483 g/mol. The molecular weight excluding hydrogens is 458 g/mol. The molecule has 2 fully saturated rings. The summed E-state index contributed by atoms with van der Waals surface area (Å²) in [5.74, 6) is 1.13. The molecule has 3 aromatic rings. The van der Waals surface area contributed by atoms with Crippen molar-refractivity contribution in [2.45, 2.75) is 38.1 Å². The number of aromatic nitrogens is 4. The Balaban J connectivity index is 1.44. The molecule has 8 nitrogen and oxygen atoms in total. The summed E-state index contributed by atoms with van der Waals surface area (Å²) in [6.07, 6.45) is 9.18. The van der Waals surface area contributed by atoms with Crippen molar-refractivity contribution in [2.75, 3.05) is 36.4 Å². The molecule has 1 aliphatic heterocycles. The van der Waals surface area contributed by atoms with Crippen LogP contribution in [0.1, 0.15) is 38.1 Å². The van der Waals surface area contributed by atoms with Crippen LogP contribution >= 0.6 is 15.9 Å². The fourth-order valence-corrected chi connectivity index (χ4v) is 4.95. The van der Waals surface area contributed by atoms with Crippen molar-refractivity contribution >= 4 is 44.4 Å². The molecule has 4 heterocycles. The lowest BCUT2D eigenvalue weighted by Gasteiger charge is -2.29. The van der Waals surface area contributed by atoms with Gasteiger partial charge in [-0.25, -0.2) is 9.97 Å². The smallest absolute Gasteiger partial charge is 0.266 e. The highest BCUT2D eigenvalue weighted by Gasteiger charge is 2.21. The van der Waals surface area contributed by atoms with Gasteiger partial charge >= 0.3 is 0 Å². The Morgan fingerprint density at radius 3 is 2.61 bits per heavy atom. The first-order chi connectivity index (χ1) is 15.2. The summed E-state index contributed by atoms with van der Waals surface area (Å²) in [6, 6.07) is 6.00. The summed E-state index contributed by atoms with van der Waals surface area (Å²) < 4.78 is 2.41. The lowest BCUT2D eigenvalue weighted by molar-refractivity contribution is 0.352. The molecule has 0 atom stereocenters. The van der Waals surface area contributed by atoms with E-state index in [9.17, 15) is 4.79 Å². The fourth-order valence-electron chi connectivity index (χ4n) is 4.51. The lowest BCUT2D eigenvalue weighted by atomic mass is 9.95. The summed E-state index contributed by atoms with van der Waals surface area (Å²) in [4.78, 5) is 29.0. The minimum absolute atomic E-state index is 0.0254. The van der Waals surface area contributed by atoms with E-state index < -0.39 is 0 Å². The number of nitrogens with zero attached hydrogens (tertiary/aromatic N) is 5. The van der Waals surface area contributed by atoms with E-state index in [1.165, 1.54) is 6.42 Å². The quantitative estimate of drug-likeness (QED) is 0.585. The molecule has 0 bridgehead atoms. The first kappa shape index (κ1) is 20.4. The van der Waals surface area contributed by atoms with Gasteiger partial charge in [0.1, 0.15) is 11.5 Å². The van der Waals surface area contributed by atoms with Crippen molar-refractivity contribution in [1.82, 2.24) is 24.8 Å². The number of anilines is 3. The van der Waals surface area contributed by atoms with Crippen LogP contribution in [0.3, 0.4) is 0 Å². The molecule has 1 saturated heterocycles. The van der Waals surface area contributed by atoms with E-state index in [1.54, 1.807) is 12.3 Å². The van der Waals surface area contributed by atoms with Crippen LogP contribution < -0.4 is 21.1 Å². The number of pyridine rings is 2. The first-order valence-corrected chi connectivity index (χ1v) is 11.7. The average Bonchev–Trinajstić information content (AvgIpc) is 2.82. The van der Waals surface area contributed by atoms with Crippen LogP contribution in [0.25, 0.3) is 11.0 Å². The topological polar surface area (TPSA) is 88.0 Å². The number of fused-ring (bicyclic) bond motifs is 1. The van der Waals surface area contributed by atoms with Gasteiger partial charge in [-0.15, -0.1) is 0 Å². The normalized spacial score (nSPS) is 17.8. The number of nitrogens with one attached hydrogen (secondary N) is 2. The Hall–Kier alpha value is -2.52. The second-order valence-electron chi connectivity index (χ2n) is 8.20. The van der Waals surface area contributed by atoms with Gasteiger partial charge in [-0.3, -0.25) is 9.36 Å². The standard InChI is InChI=1S/C22H26BrN7O/c23-18-12-15-13-26-22(28-20(15)30(21(18)31)16-4-2-1-3-5-16)27-19-7-6-17(14-25-19)29-10-8-24-9-11-29/h6-7,12-14,16,24H,1-5,8-11H2,(H,25,26,27,28). The highest BCUT2D eigenvalue weighted by molar-refractivity contribution is 9.10. The van der Waals surface area contributed by atoms with E-state index in [0.717, 1.165) is 62.9 Å². The van der Waals surface area contributed by atoms with Crippen LogP contribution in [-0.4, -0.2) is 45.7 Å². The second kappa shape index (κ2) is 8.92. The molecule has 0 unspecified atom stereocenters. The van der Waals surface area contributed by atoms with Crippen molar-refractivity contribution < 1.29 is 0 Å². The maximum atomic E-state index is 13.0. The van der Waals surface area contributed by atoms with Gasteiger partial charge in [-0.2, -0.15) is 4.98 Å². The number of hydrogen-bond donors (Lipinski definition) is 2. The van der Waals surface area contributed by atoms with Crippen molar-refractivity contribution in [3.8, 4) is 0 Å². The van der Waals surface area contributed by atoms with Gasteiger partial charge in [0, 0.05) is 43.8 Å². The molecule has 0 aromatic carbocycles. The van der Waals surface area contributed by atoms with Crippen LogP contribution in [-0.2, 0) is 0 Å². The molecule has 2 aliphatic rings. The Morgan fingerprint density at radius 2 is 1.87 bits per heavy atom. The zero-order chi connectivity index (χ0) is 21.2. The summed E-state index contributed by atoms with van der Waals surface area (Å²) >= 11 is 3.42. The highest BCUT2D eigenvalue weighted by Crippen LogP contribution is 2.30. The fraction of sp³-hybridized carbons (Fsp3) is 0.455. The van der Waals surface area contributed by atoms with Crippen molar-refractivity contribution in [3.63, 3.8) is 0 Å². The average molecular weight is 484 g/mol. The van der Waals surface area contributed by atoms with Crippen molar-refractivity contribution in [3.05, 3.63) is 45.4 Å². The molecule has 2 N–H and O–H groups in total. The van der Waals surface area contributed by atoms with Gasteiger partial charge < -0.3 is 15.5 Å². The van der Waals surface area contributed by atoms with Crippen LogP contribution in [0.4, 0.5) is 17.5 Å². The summed E-state index contributed by atoms with van der Waals surface area (Å²) in [7, 11) is 0. The molecule has 1 aliphatic carbocycles. The van der Waals surface area contributed by atoms with Gasteiger partial charge in [-0.1, -0.05) is 19.3 Å². The third-order valence-electron chi connectivity index (χ3n) is 6.14. The van der Waals surface area contributed by atoms with E-state index in [0.29, 0.717) is 21.9 Å². The van der Waals surface area contributed by atoms with Gasteiger partial charge in [0.05, 0.1) is 16.4 Å². The Morgan fingerprint density at radius 1 is 1.06 bits per heavy atom. The minimum Gasteiger partial charge on any atom is -0.368 e. The summed E-state index contributed by atoms with van der Waals surface area (Å²) in [5, 5.41) is 7.41. The number of halogens is 1. The third-order valence-corrected chi connectivity index (χ3v) is 6.71. The van der Waals surface area contributed by atoms with Crippen LogP contribution in [0.5, 0.6) is 0 Å². The maximum Gasteiger partial charge on any atom is 0.266 e. The molecule has 9 heteroatoms. The van der Waals surface area contributed by atoms with Gasteiger partial charge in [0.15, 0.2) is 0 Å². The lowest BCUT2D eigenvalue weighted by Crippen LogP contribution is -2.43. The highest BCUT2D eigenvalue weighted by atomic mass is 79.9. The number of rotatable bonds is 4. The van der Waals surface area contributed by atoms with Crippen LogP contribution in [0, 0.1) is 0 Å². The molecular formula is C22H26BrN7O. The molecule has 0 spiro atoms. The Kier molecular flexibility index (Phi) is 5.87. The predicted octanol–water partition coefficient (Wildman–Crippen LogP) is 3.61. The van der Waals surface area contributed by atoms with E-state index in [-0.39, 0.29) is 11.6 Å². The van der Waals surface area contributed by atoms with E-state index in [2.05, 4.69) is 47.5 Å². The maximum absolute atomic E-state index is 13.0. The van der Waals surface area contributed by atoms with Crippen LogP contribution in [0.2, 0.25) is 0 Å². The second-order valence-corrected chi connectivity index (χ2v) is 9.05. The predicted molar refractivity (Wildman–Crippen MR) is 126 cm³/mol. The summed E-state index contributed by atoms with van der Waals surface area (Å²) in [5.41, 5.74) is 1.76. The minimum atomic E-state index is -0.0254. The first-order valence-electron chi connectivity index (χ1n) is 11.0. The number of piperazine rings is 1. The SMILES string of the molecule is O=c1c(Br)cc2cnc(Nc3ccc(N4CCNCC4)cn3)nc2n1C1CCCCC1. The van der Waals surface area contributed by atoms with E-state index in [4.69, 9.17) is 4.98 Å². The van der Waals surface area contributed by atoms with Crippen LogP contribution in [0.15, 0.2) is 39.9 Å². The van der Waals surface area contributed by atoms with E-state index >= 15 is 0 Å².